The number of nitrogens with one attached hydrogen (secondary N) is 1. The molecule has 1 aliphatic rings. The van der Waals surface area contributed by atoms with Crippen LogP contribution in [0.25, 0.3) is 0 Å². The normalized spacial score (nSPS) is 16.4. The molecular weight excluding hydrogens is 280 g/mol. The summed E-state index contributed by atoms with van der Waals surface area (Å²) in [6.45, 7) is 3.80. The standard InChI is InChI=1S/C13H16N2O4S/c1-9(2)7-14-12(16)8-15-13(17)10-5-3-4-6-11(10)20(15,18)19/h3-6,9H,7-8H2,1-2H3,(H,14,16). The van der Waals surface area contributed by atoms with Gasteiger partial charge in [0.25, 0.3) is 15.9 Å². The lowest BCUT2D eigenvalue weighted by atomic mass is 10.2. The number of carbonyl (C=O) groups excluding carboxylic acids is 2. The lowest BCUT2D eigenvalue weighted by Gasteiger charge is -2.15. The van der Waals surface area contributed by atoms with Crippen molar-refractivity contribution in [2.24, 2.45) is 5.92 Å². The maximum atomic E-state index is 12.2. The Labute approximate surface area is 117 Å². The van der Waals surface area contributed by atoms with Crippen molar-refractivity contribution in [3.63, 3.8) is 0 Å². The number of amides is 2. The molecule has 6 nitrogen and oxygen atoms in total. The molecule has 1 aromatic rings. The number of benzene rings is 1. The molecule has 20 heavy (non-hydrogen) atoms. The van der Waals surface area contributed by atoms with Gasteiger partial charge in [0.2, 0.25) is 5.91 Å². The third-order valence-electron chi connectivity index (χ3n) is 2.91. The van der Waals surface area contributed by atoms with Gasteiger partial charge in [-0.15, -0.1) is 0 Å². The number of fused-ring (bicyclic) bond motifs is 1. The average molecular weight is 296 g/mol. The van der Waals surface area contributed by atoms with Crippen molar-refractivity contribution < 1.29 is 18.0 Å². The van der Waals surface area contributed by atoms with E-state index in [0.717, 1.165) is 0 Å². The fourth-order valence-electron chi connectivity index (χ4n) is 1.89. The molecule has 2 amide bonds. The van der Waals surface area contributed by atoms with Crippen molar-refractivity contribution >= 4 is 21.8 Å². The first-order valence-electron chi connectivity index (χ1n) is 6.27. The average Bonchev–Trinajstić information content (AvgIpc) is 2.58. The minimum atomic E-state index is -3.91. The molecule has 0 aromatic heterocycles. The van der Waals surface area contributed by atoms with E-state index in [1.807, 2.05) is 13.8 Å². The van der Waals surface area contributed by atoms with E-state index in [0.29, 0.717) is 10.8 Å². The van der Waals surface area contributed by atoms with Crippen LogP contribution in [0.3, 0.4) is 0 Å². The highest BCUT2D eigenvalue weighted by Gasteiger charge is 2.41. The van der Waals surface area contributed by atoms with E-state index < -0.39 is 28.4 Å². The minimum Gasteiger partial charge on any atom is -0.354 e. The third-order valence-corrected chi connectivity index (χ3v) is 4.69. The second-order valence-electron chi connectivity index (χ2n) is 5.01. The van der Waals surface area contributed by atoms with Crippen molar-refractivity contribution in [3.05, 3.63) is 29.8 Å². The SMILES string of the molecule is CC(C)CNC(=O)CN1C(=O)c2ccccc2S1(=O)=O. The predicted molar refractivity (Wildman–Crippen MR) is 72.5 cm³/mol. The van der Waals surface area contributed by atoms with Crippen LogP contribution in [0.1, 0.15) is 24.2 Å². The van der Waals surface area contributed by atoms with Gasteiger partial charge in [-0.2, -0.15) is 0 Å². The van der Waals surface area contributed by atoms with E-state index in [1.165, 1.54) is 12.1 Å². The van der Waals surface area contributed by atoms with Gasteiger partial charge >= 0.3 is 0 Å². The molecule has 0 unspecified atom stereocenters. The predicted octanol–water partition coefficient (Wildman–Crippen LogP) is 0.603. The van der Waals surface area contributed by atoms with Crippen molar-refractivity contribution in [2.45, 2.75) is 18.7 Å². The maximum absolute atomic E-state index is 12.2. The number of carbonyl (C=O) groups is 2. The van der Waals surface area contributed by atoms with Gasteiger partial charge in [-0.25, -0.2) is 12.7 Å². The highest BCUT2D eigenvalue weighted by molar-refractivity contribution is 7.90. The number of hydrogen-bond acceptors (Lipinski definition) is 4. The zero-order valence-corrected chi connectivity index (χ0v) is 12.1. The third kappa shape index (κ3) is 2.53. The van der Waals surface area contributed by atoms with E-state index >= 15 is 0 Å². The lowest BCUT2D eigenvalue weighted by molar-refractivity contribution is -0.121. The topological polar surface area (TPSA) is 83.6 Å². The number of rotatable bonds is 4. The van der Waals surface area contributed by atoms with Crippen molar-refractivity contribution in [1.82, 2.24) is 9.62 Å². The molecule has 0 aliphatic carbocycles. The molecule has 1 aromatic carbocycles. The summed E-state index contributed by atoms with van der Waals surface area (Å²) in [5, 5.41) is 2.60. The lowest BCUT2D eigenvalue weighted by Crippen LogP contribution is -2.41. The van der Waals surface area contributed by atoms with E-state index in [4.69, 9.17) is 0 Å². The number of nitrogens with zero attached hydrogens (tertiary/aromatic N) is 1. The van der Waals surface area contributed by atoms with Crippen LogP contribution in [0.5, 0.6) is 0 Å². The molecule has 0 saturated carbocycles. The van der Waals surface area contributed by atoms with Crippen LogP contribution >= 0.6 is 0 Å². The Kier molecular flexibility index (Phi) is 3.80. The Hall–Kier alpha value is -1.89. The highest BCUT2D eigenvalue weighted by atomic mass is 32.2. The highest BCUT2D eigenvalue weighted by Crippen LogP contribution is 2.29. The summed E-state index contributed by atoms with van der Waals surface area (Å²) in [6, 6.07) is 5.95. The summed E-state index contributed by atoms with van der Waals surface area (Å²) in [5.74, 6) is -0.884. The van der Waals surface area contributed by atoms with E-state index in [-0.39, 0.29) is 16.4 Å². The largest absolute Gasteiger partial charge is 0.354 e. The van der Waals surface area contributed by atoms with Crippen molar-refractivity contribution in [3.8, 4) is 0 Å². The van der Waals surface area contributed by atoms with Gasteiger partial charge in [-0.05, 0) is 18.1 Å². The summed E-state index contributed by atoms with van der Waals surface area (Å²) in [6.07, 6.45) is 0. The summed E-state index contributed by atoms with van der Waals surface area (Å²) in [4.78, 5) is 23.7. The van der Waals surface area contributed by atoms with E-state index in [9.17, 15) is 18.0 Å². The molecular formula is C13H16N2O4S. The zero-order chi connectivity index (χ0) is 14.9. The van der Waals surface area contributed by atoms with Gasteiger partial charge in [0.15, 0.2) is 0 Å². The Bertz CT molecular complexity index is 652. The van der Waals surface area contributed by atoms with Crippen LogP contribution < -0.4 is 5.32 Å². The molecule has 1 N–H and O–H groups in total. The smallest absolute Gasteiger partial charge is 0.269 e. The molecule has 0 radical (unpaired) electrons. The first-order valence-corrected chi connectivity index (χ1v) is 7.71. The fourth-order valence-corrected chi connectivity index (χ4v) is 3.42. The zero-order valence-electron chi connectivity index (χ0n) is 11.3. The number of sulfonamides is 1. The van der Waals surface area contributed by atoms with Crippen molar-refractivity contribution in [2.75, 3.05) is 13.1 Å². The molecule has 0 atom stereocenters. The van der Waals surface area contributed by atoms with Crippen molar-refractivity contribution in [1.29, 1.82) is 0 Å². The summed E-state index contributed by atoms with van der Waals surface area (Å²) in [7, 11) is -3.91. The second kappa shape index (κ2) is 5.24. The van der Waals surface area contributed by atoms with Crippen LogP contribution in [0.4, 0.5) is 0 Å². The molecule has 0 bridgehead atoms. The quantitative estimate of drug-likeness (QED) is 0.882. The molecule has 0 saturated heterocycles. The van der Waals surface area contributed by atoms with E-state index in [2.05, 4.69) is 5.32 Å². The van der Waals surface area contributed by atoms with Gasteiger partial charge in [0, 0.05) is 6.54 Å². The molecule has 1 aliphatic heterocycles. The van der Waals surface area contributed by atoms with Crippen LogP contribution in [-0.4, -0.2) is 37.6 Å². The molecule has 7 heteroatoms. The van der Waals surface area contributed by atoms with Crippen LogP contribution in [0.2, 0.25) is 0 Å². The Morgan fingerprint density at radius 2 is 1.95 bits per heavy atom. The van der Waals surface area contributed by atoms with Gasteiger partial charge < -0.3 is 5.32 Å². The maximum Gasteiger partial charge on any atom is 0.269 e. The molecule has 2 rings (SSSR count). The minimum absolute atomic E-state index is 0.0401. The van der Waals surface area contributed by atoms with Gasteiger partial charge in [-0.1, -0.05) is 26.0 Å². The first-order chi connectivity index (χ1) is 9.34. The van der Waals surface area contributed by atoms with Crippen LogP contribution in [0, 0.1) is 5.92 Å². The molecule has 0 fully saturated rings. The fraction of sp³-hybridized carbons (Fsp3) is 0.385. The van der Waals surface area contributed by atoms with Gasteiger partial charge in [0.1, 0.15) is 11.4 Å². The summed E-state index contributed by atoms with van der Waals surface area (Å²) >= 11 is 0. The number of hydrogen-bond donors (Lipinski definition) is 1. The van der Waals surface area contributed by atoms with Crippen LogP contribution in [-0.2, 0) is 14.8 Å². The first kappa shape index (κ1) is 14.5. The molecule has 0 spiro atoms. The molecule has 1 heterocycles. The Morgan fingerprint density at radius 3 is 2.55 bits per heavy atom. The summed E-state index contributed by atoms with van der Waals surface area (Å²) in [5.41, 5.74) is 0.115. The monoisotopic (exact) mass is 296 g/mol. The second-order valence-corrected chi connectivity index (χ2v) is 6.84. The summed E-state index contributed by atoms with van der Waals surface area (Å²) < 4.78 is 25.0. The van der Waals surface area contributed by atoms with E-state index in [1.54, 1.807) is 12.1 Å². The van der Waals surface area contributed by atoms with Crippen LogP contribution in [0.15, 0.2) is 29.2 Å². The van der Waals surface area contributed by atoms with Gasteiger partial charge in [0.05, 0.1) is 5.56 Å². The Balaban J connectivity index is 2.19. The Morgan fingerprint density at radius 1 is 1.30 bits per heavy atom. The molecule has 108 valence electrons. The van der Waals surface area contributed by atoms with Gasteiger partial charge in [-0.3, -0.25) is 9.59 Å².